The highest BCUT2D eigenvalue weighted by molar-refractivity contribution is 5.96. The summed E-state index contributed by atoms with van der Waals surface area (Å²) in [4.78, 5) is 26.3. The van der Waals surface area contributed by atoms with E-state index in [1.165, 1.54) is 0 Å². The largest absolute Gasteiger partial charge is 0.352 e. The van der Waals surface area contributed by atoms with Gasteiger partial charge in [0, 0.05) is 30.9 Å². The Bertz CT molecular complexity index is 881. The number of urea groups is 1. The highest BCUT2D eigenvalue weighted by atomic mass is 16.2. The third kappa shape index (κ3) is 4.15. The van der Waals surface area contributed by atoms with E-state index in [4.69, 9.17) is 0 Å². The van der Waals surface area contributed by atoms with E-state index in [1.54, 1.807) is 29.2 Å². The third-order valence-electron chi connectivity index (χ3n) is 5.16. The summed E-state index contributed by atoms with van der Waals surface area (Å²) in [6, 6.07) is 18.9. The smallest absolute Gasteiger partial charge is 0.321 e. The van der Waals surface area contributed by atoms with Crippen LogP contribution in [0.2, 0.25) is 0 Å². The maximum Gasteiger partial charge on any atom is 0.321 e. The van der Waals surface area contributed by atoms with Crippen molar-refractivity contribution in [2.75, 3.05) is 25.0 Å². The highest BCUT2D eigenvalue weighted by Crippen LogP contribution is 2.35. The lowest BCUT2D eigenvalue weighted by Gasteiger charge is -2.37. The van der Waals surface area contributed by atoms with Gasteiger partial charge in [-0.05, 0) is 43.5 Å². The third-order valence-corrected chi connectivity index (χ3v) is 5.16. The number of amides is 3. The van der Waals surface area contributed by atoms with E-state index in [0.717, 1.165) is 5.56 Å². The van der Waals surface area contributed by atoms with Gasteiger partial charge < -0.3 is 15.5 Å². The molecule has 0 aromatic heterocycles. The number of hydrogen-bond donors (Lipinski definition) is 2. The Kier molecular flexibility index (Phi) is 5.95. The van der Waals surface area contributed by atoms with E-state index in [0.29, 0.717) is 43.7 Å². The summed E-state index contributed by atoms with van der Waals surface area (Å²) in [7, 11) is 0. The van der Waals surface area contributed by atoms with Gasteiger partial charge in [0.2, 0.25) is 0 Å². The van der Waals surface area contributed by atoms with Crippen molar-refractivity contribution in [3.63, 3.8) is 0 Å². The summed E-state index contributed by atoms with van der Waals surface area (Å²) < 4.78 is 0. The predicted octanol–water partition coefficient (Wildman–Crippen LogP) is 3.53. The van der Waals surface area contributed by atoms with Crippen molar-refractivity contribution in [2.45, 2.75) is 25.2 Å². The molecule has 6 nitrogen and oxygen atoms in total. The Morgan fingerprint density at radius 2 is 1.82 bits per heavy atom. The second kappa shape index (κ2) is 8.57. The quantitative estimate of drug-likeness (QED) is 0.856. The van der Waals surface area contributed by atoms with Crippen molar-refractivity contribution >= 4 is 17.6 Å². The van der Waals surface area contributed by atoms with Gasteiger partial charge in [-0.25, -0.2) is 4.79 Å². The summed E-state index contributed by atoms with van der Waals surface area (Å²) in [5.41, 5.74) is 1.54. The molecule has 6 heteroatoms. The Morgan fingerprint density at radius 3 is 2.46 bits per heavy atom. The first kappa shape index (κ1) is 19.4. The zero-order valence-corrected chi connectivity index (χ0v) is 15.9. The fourth-order valence-corrected chi connectivity index (χ4v) is 3.52. The highest BCUT2D eigenvalue weighted by Gasteiger charge is 2.37. The minimum absolute atomic E-state index is 0.168. The van der Waals surface area contributed by atoms with Gasteiger partial charge in [0.25, 0.3) is 5.91 Å². The Morgan fingerprint density at radius 1 is 1.11 bits per heavy atom. The zero-order chi connectivity index (χ0) is 20.0. The number of carbonyl (C=O) groups is 2. The molecule has 1 aliphatic rings. The molecule has 3 rings (SSSR count). The molecule has 0 bridgehead atoms. The lowest BCUT2D eigenvalue weighted by Crippen LogP contribution is -2.46. The molecule has 0 unspecified atom stereocenters. The topological polar surface area (TPSA) is 85.2 Å². The maximum atomic E-state index is 12.6. The van der Waals surface area contributed by atoms with E-state index in [-0.39, 0.29) is 11.9 Å². The van der Waals surface area contributed by atoms with Gasteiger partial charge in [-0.2, -0.15) is 5.26 Å². The number of nitrogens with zero attached hydrogens (tertiary/aromatic N) is 2. The Balaban J connectivity index is 1.64. The van der Waals surface area contributed by atoms with Gasteiger partial charge in [-0.15, -0.1) is 0 Å². The van der Waals surface area contributed by atoms with Crippen LogP contribution in [0.3, 0.4) is 0 Å². The first-order valence-electron chi connectivity index (χ1n) is 9.49. The summed E-state index contributed by atoms with van der Waals surface area (Å²) in [5.74, 6) is -0.168. The number of nitriles is 1. The molecular weight excluding hydrogens is 352 g/mol. The van der Waals surface area contributed by atoms with Crippen molar-refractivity contribution in [2.24, 2.45) is 0 Å². The number of nitrogens with one attached hydrogen (secondary N) is 2. The Hall–Kier alpha value is -3.33. The van der Waals surface area contributed by atoms with Crippen LogP contribution < -0.4 is 10.6 Å². The minimum Gasteiger partial charge on any atom is -0.352 e. The molecule has 2 aromatic carbocycles. The van der Waals surface area contributed by atoms with Crippen LogP contribution in [0.4, 0.5) is 10.5 Å². The molecule has 0 aliphatic carbocycles. The van der Waals surface area contributed by atoms with Gasteiger partial charge >= 0.3 is 6.03 Å². The summed E-state index contributed by atoms with van der Waals surface area (Å²) in [6.45, 7) is 3.41. The van der Waals surface area contributed by atoms with E-state index < -0.39 is 5.41 Å². The number of rotatable bonds is 4. The number of hydrogen-bond acceptors (Lipinski definition) is 3. The molecule has 1 aliphatic heterocycles. The van der Waals surface area contributed by atoms with Crippen LogP contribution in [-0.2, 0) is 5.41 Å². The molecule has 0 spiro atoms. The molecular formula is C22H24N4O2. The maximum absolute atomic E-state index is 12.6. The average Bonchev–Trinajstić information content (AvgIpc) is 2.75. The van der Waals surface area contributed by atoms with Gasteiger partial charge in [0.15, 0.2) is 0 Å². The molecule has 0 radical (unpaired) electrons. The first-order chi connectivity index (χ1) is 13.6. The molecule has 2 aromatic rings. The number of piperidine rings is 1. The van der Waals surface area contributed by atoms with Gasteiger partial charge in [-0.1, -0.05) is 36.4 Å². The Labute approximate surface area is 165 Å². The average molecular weight is 376 g/mol. The minimum atomic E-state index is -0.545. The van der Waals surface area contributed by atoms with Gasteiger partial charge in [0.05, 0.1) is 11.5 Å². The summed E-state index contributed by atoms with van der Waals surface area (Å²) >= 11 is 0. The number of likely N-dealkylation sites (tertiary alicyclic amines) is 1. The molecule has 0 atom stereocenters. The fourth-order valence-electron chi connectivity index (χ4n) is 3.52. The zero-order valence-electron chi connectivity index (χ0n) is 15.9. The van der Waals surface area contributed by atoms with E-state index in [9.17, 15) is 14.9 Å². The van der Waals surface area contributed by atoms with E-state index in [1.807, 2.05) is 37.3 Å². The van der Waals surface area contributed by atoms with Crippen molar-refractivity contribution in [1.29, 1.82) is 5.26 Å². The lowest BCUT2D eigenvalue weighted by molar-refractivity contribution is 0.0955. The molecule has 144 valence electrons. The van der Waals surface area contributed by atoms with Gasteiger partial charge in [0.1, 0.15) is 0 Å². The van der Waals surface area contributed by atoms with Crippen molar-refractivity contribution < 1.29 is 9.59 Å². The SMILES string of the molecule is CCNC(=O)c1cccc(NC(=O)N2CCC(C#N)(c3ccccc3)CC2)c1. The van der Waals surface area contributed by atoms with Crippen molar-refractivity contribution in [3.8, 4) is 6.07 Å². The van der Waals surface area contributed by atoms with Crippen LogP contribution in [0.15, 0.2) is 54.6 Å². The van der Waals surface area contributed by atoms with Crippen LogP contribution in [0.25, 0.3) is 0 Å². The van der Waals surface area contributed by atoms with Crippen LogP contribution in [0, 0.1) is 11.3 Å². The number of benzene rings is 2. The molecule has 3 amide bonds. The van der Waals surface area contributed by atoms with E-state index >= 15 is 0 Å². The van der Waals surface area contributed by atoms with Crippen LogP contribution >= 0.6 is 0 Å². The van der Waals surface area contributed by atoms with Gasteiger partial charge in [-0.3, -0.25) is 4.79 Å². The molecule has 1 fully saturated rings. The number of carbonyl (C=O) groups excluding carboxylic acids is 2. The standard InChI is InChI=1S/C22H24N4O2/c1-2-24-20(27)17-7-6-10-19(15-17)25-21(28)26-13-11-22(16-23,12-14-26)18-8-4-3-5-9-18/h3-10,15H,2,11-14H2,1H3,(H,24,27)(H,25,28). The molecule has 2 N–H and O–H groups in total. The lowest BCUT2D eigenvalue weighted by atomic mass is 9.74. The fraction of sp³-hybridized carbons (Fsp3) is 0.318. The normalized spacial score (nSPS) is 15.4. The summed E-state index contributed by atoms with van der Waals surface area (Å²) in [6.07, 6.45) is 1.19. The molecule has 1 saturated heterocycles. The molecule has 28 heavy (non-hydrogen) atoms. The van der Waals surface area contributed by atoms with Crippen molar-refractivity contribution in [3.05, 3.63) is 65.7 Å². The van der Waals surface area contributed by atoms with Crippen LogP contribution in [0.5, 0.6) is 0 Å². The van der Waals surface area contributed by atoms with E-state index in [2.05, 4.69) is 16.7 Å². The second-order valence-corrected chi connectivity index (χ2v) is 6.92. The predicted molar refractivity (Wildman–Crippen MR) is 108 cm³/mol. The summed E-state index contributed by atoms with van der Waals surface area (Å²) in [5, 5.41) is 15.4. The first-order valence-corrected chi connectivity index (χ1v) is 9.49. The monoisotopic (exact) mass is 376 g/mol. The molecule has 1 heterocycles. The second-order valence-electron chi connectivity index (χ2n) is 6.92. The van der Waals surface area contributed by atoms with Crippen LogP contribution in [0.1, 0.15) is 35.7 Å². The van der Waals surface area contributed by atoms with Crippen LogP contribution in [-0.4, -0.2) is 36.5 Å². The molecule has 0 saturated carbocycles. The number of anilines is 1. The van der Waals surface area contributed by atoms with Crippen molar-refractivity contribution in [1.82, 2.24) is 10.2 Å².